The summed E-state index contributed by atoms with van der Waals surface area (Å²) in [6, 6.07) is 6.71. The molecule has 0 aliphatic heterocycles. The number of aliphatic carboxylic acids is 2. The number of hydrogen-bond donors (Lipinski definition) is 5. The summed E-state index contributed by atoms with van der Waals surface area (Å²) in [4.78, 5) is 45.6. The van der Waals surface area contributed by atoms with Crippen LogP contribution in [0.3, 0.4) is 0 Å². The highest BCUT2D eigenvalue weighted by Gasteiger charge is 2.22. The van der Waals surface area contributed by atoms with E-state index in [1.807, 2.05) is 6.07 Å². The zero-order valence-electron chi connectivity index (χ0n) is 15.5. The Morgan fingerprint density at radius 3 is 2.38 bits per heavy atom. The fourth-order valence-electron chi connectivity index (χ4n) is 2.12. The number of carboxylic acid groups (broad SMARTS) is 2. The van der Waals surface area contributed by atoms with Crippen molar-refractivity contribution in [2.24, 2.45) is 5.73 Å². The monoisotopic (exact) mass is 422 g/mol. The van der Waals surface area contributed by atoms with E-state index in [-0.39, 0.29) is 18.6 Å². The number of carbonyl (C=O) groups excluding carboxylic acids is 2. The number of carboxylic acids is 2. The van der Waals surface area contributed by atoms with Crippen LogP contribution in [-0.4, -0.2) is 58.3 Å². The average Bonchev–Trinajstić information content (AvgIpc) is 2.69. The second kappa shape index (κ2) is 12.4. The molecule has 29 heavy (non-hydrogen) atoms. The Bertz CT molecular complexity index is 778. The number of nitrogens with one attached hydrogen (secondary N) is 2. The van der Waals surface area contributed by atoms with Crippen LogP contribution in [0.4, 0.5) is 0 Å². The number of rotatable bonds is 12. The zero-order valence-corrected chi connectivity index (χ0v) is 16.3. The molecule has 2 unspecified atom stereocenters. The Morgan fingerprint density at radius 2 is 1.83 bits per heavy atom. The number of carbonyl (C=O) groups is 4. The molecule has 1 aromatic carbocycles. The highest BCUT2D eigenvalue weighted by molar-refractivity contribution is 7.98. The Kier molecular flexibility index (Phi) is 10.2. The molecule has 0 aromatic heterocycles. The van der Waals surface area contributed by atoms with Gasteiger partial charge in [-0.3, -0.25) is 19.2 Å². The average molecular weight is 422 g/mol. The zero-order chi connectivity index (χ0) is 21.8. The van der Waals surface area contributed by atoms with Gasteiger partial charge in [0.15, 0.2) is 0 Å². The van der Waals surface area contributed by atoms with Gasteiger partial charge in [0.25, 0.3) is 0 Å². The quantitative estimate of drug-likeness (QED) is 0.301. The van der Waals surface area contributed by atoms with Crippen LogP contribution in [0.2, 0.25) is 0 Å². The fraction of sp³-hybridized carbons (Fsp3) is 0.389. The van der Waals surface area contributed by atoms with Crippen molar-refractivity contribution in [3.63, 3.8) is 0 Å². The van der Waals surface area contributed by atoms with E-state index in [1.165, 1.54) is 11.8 Å². The van der Waals surface area contributed by atoms with Crippen LogP contribution in [-0.2, 0) is 24.9 Å². The molecule has 0 aliphatic carbocycles. The van der Waals surface area contributed by atoms with Gasteiger partial charge in [-0.25, -0.2) is 0 Å². The third kappa shape index (κ3) is 9.59. The summed E-state index contributed by atoms with van der Waals surface area (Å²) >= 11 is 1.34. The van der Waals surface area contributed by atoms with Crippen molar-refractivity contribution in [2.75, 3.05) is 12.3 Å². The largest absolute Gasteiger partial charge is 0.480 e. The van der Waals surface area contributed by atoms with Crippen LogP contribution < -0.4 is 16.4 Å². The Labute approximate surface area is 171 Å². The maximum Gasteiger partial charge on any atom is 0.322 e. The molecule has 0 spiro atoms. The normalized spacial score (nSPS) is 12.3. The van der Waals surface area contributed by atoms with E-state index in [0.29, 0.717) is 11.3 Å². The maximum absolute atomic E-state index is 12.2. The second-order valence-electron chi connectivity index (χ2n) is 6.04. The first kappa shape index (κ1) is 23.9. The number of hydrogen-bond acceptors (Lipinski definition) is 7. The molecule has 0 aliphatic rings. The molecular formula is C18H22N4O6S. The summed E-state index contributed by atoms with van der Waals surface area (Å²) in [6.45, 7) is -0.588. The van der Waals surface area contributed by atoms with Gasteiger partial charge in [-0.15, -0.1) is 0 Å². The summed E-state index contributed by atoms with van der Waals surface area (Å²) in [7, 11) is 0. The van der Waals surface area contributed by atoms with Gasteiger partial charge in [0.05, 0.1) is 11.6 Å². The molecule has 2 atom stereocenters. The molecule has 1 aromatic rings. The van der Waals surface area contributed by atoms with Crippen LogP contribution >= 0.6 is 11.8 Å². The van der Waals surface area contributed by atoms with E-state index in [0.717, 1.165) is 5.56 Å². The lowest BCUT2D eigenvalue weighted by Gasteiger charge is -2.18. The predicted octanol–water partition coefficient (Wildman–Crippen LogP) is -0.331. The lowest BCUT2D eigenvalue weighted by Crippen LogP contribution is -2.49. The first-order valence-corrected chi connectivity index (χ1v) is 9.72. The SMILES string of the molecule is N#Cc1ccc(CSCC(NC(=O)CCC(N)C(=O)O)C(=O)NCC(=O)O)cc1. The molecule has 0 heterocycles. The van der Waals surface area contributed by atoms with Crippen molar-refractivity contribution in [2.45, 2.75) is 30.7 Å². The topological polar surface area (TPSA) is 183 Å². The van der Waals surface area contributed by atoms with Gasteiger partial charge < -0.3 is 26.6 Å². The molecule has 10 nitrogen and oxygen atoms in total. The molecule has 0 fully saturated rings. The van der Waals surface area contributed by atoms with Gasteiger partial charge >= 0.3 is 11.9 Å². The molecule has 0 saturated heterocycles. The van der Waals surface area contributed by atoms with Crippen molar-refractivity contribution in [3.05, 3.63) is 35.4 Å². The summed E-state index contributed by atoms with van der Waals surface area (Å²) in [5, 5.41) is 30.9. The van der Waals surface area contributed by atoms with Crippen LogP contribution in [0, 0.1) is 11.3 Å². The first-order chi connectivity index (χ1) is 13.7. The molecule has 1 rings (SSSR count). The van der Waals surface area contributed by atoms with Gasteiger partial charge in [0.2, 0.25) is 11.8 Å². The van der Waals surface area contributed by atoms with Crippen molar-refractivity contribution in [3.8, 4) is 6.07 Å². The van der Waals surface area contributed by atoms with Crippen LogP contribution in [0.1, 0.15) is 24.0 Å². The number of nitrogens with zero attached hydrogens (tertiary/aromatic N) is 1. The van der Waals surface area contributed by atoms with Gasteiger partial charge in [0.1, 0.15) is 18.6 Å². The van der Waals surface area contributed by atoms with Crippen molar-refractivity contribution >= 4 is 35.5 Å². The minimum atomic E-state index is -1.23. The van der Waals surface area contributed by atoms with E-state index in [4.69, 9.17) is 21.2 Å². The standard InChI is InChI=1S/C18H22N4O6S/c19-7-11-1-3-12(4-2-11)9-29-10-14(17(26)21-8-16(24)25)22-15(23)6-5-13(20)18(27)28/h1-4,13-14H,5-6,8-10,20H2,(H,21,26)(H,22,23)(H,24,25)(H,27,28). The van der Waals surface area contributed by atoms with Crippen molar-refractivity contribution < 1.29 is 29.4 Å². The number of benzene rings is 1. The molecule has 0 radical (unpaired) electrons. The van der Waals surface area contributed by atoms with Gasteiger partial charge in [-0.1, -0.05) is 12.1 Å². The van der Waals surface area contributed by atoms with E-state index < -0.39 is 42.4 Å². The van der Waals surface area contributed by atoms with Crippen molar-refractivity contribution in [1.29, 1.82) is 5.26 Å². The molecule has 0 bridgehead atoms. The minimum absolute atomic E-state index is 0.0942. The van der Waals surface area contributed by atoms with Gasteiger partial charge in [-0.2, -0.15) is 17.0 Å². The number of nitriles is 1. The van der Waals surface area contributed by atoms with E-state index in [2.05, 4.69) is 10.6 Å². The second-order valence-corrected chi connectivity index (χ2v) is 7.07. The van der Waals surface area contributed by atoms with Crippen molar-refractivity contribution in [1.82, 2.24) is 10.6 Å². The van der Waals surface area contributed by atoms with Crippen LogP contribution in [0.15, 0.2) is 24.3 Å². The third-order valence-corrected chi connectivity index (χ3v) is 4.81. The van der Waals surface area contributed by atoms with Crippen LogP contribution in [0.25, 0.3) is 0 Å². The van der Waals surface area contributed by atoms with Gasteiger partial charge in [-0.05, 0) is 24.1 Å². The molecule has 6 N–H and O–H groups in total. The highest BCUT2D eigenvalue weighted by atomic mass is 32.2. The summed E-state index contributed by atoms with van der Waals surface area (Å²) < 4.78 is 0. The lowest BCUT2D eigenvalue weighted by molar-refractivity contribution is -0.139. The number of thioether (sulfide) groups is 1. The van der Waals surface area contributed by atoms with E-state index in [9.17, 15) is 19.2 Å². The summed E-state index contributed by atoms with van der Waals surface area (Å²) in [6.07, 6.45) is -0.278. The Hall–Kier alpha value is -3.10. The van der Waals surface area contributed by atoms with Gasteiger partial charge in [0, 0.05) is 17.9 Å². The lowest BCUT2D eigenvalue weighted by atomic mass is 10.1. The van der Waals surface area contributed by atoms with E-state index >= 15 is 0 Å². The molecule has 0 saturated carbocycles. The maximum atomic E-state index is 12.2. The molecule has 156 valence electrons. The Balaban J connectivity index is 2.62. The summed E-state index contributed by atoms with van der Waals surface area (Å²) in [5.74, 6) is -2.99. The minimum Gasteiger partial charge on any atom is -0.480 e. The smallest absolute Gasteiger partial charge is 0.322 e. The number of amides is 2. The molecule has 11 heteroatoms. The fourth-order valence-corrected chi connectivity index (χ4v) is 3.13. The van der Waals surface area contributed by atoms with Crippen LogP contribution in [0.5, 0.6) is 0 Å². The highest BCUT2D eigenvalue weighted by Crippen LogP contribution is 2.14. The predicted molar refractivity (Wildman–Crippen MR) is 105 cm³/mol. The first-order valence-electron chi connectivity index (χ1n) is 8.57. The number of nitrogens with two attached hydrogens (primary N) is 1. The Morgan fingerprint density at radius 1 is 1.17 bits per heavy atom. The molecular weight excluding hydrogens is 400 g/mol. The van der Waals surface area contributed by atoms with E-state index in [1.54, 1.807) is 24.3 Å². The molecule has 2 amide bonds. The summed E-state index contributed by atoms with van der Waals surface area (Å²) in [5.41, 5.74) is 6.79. The third-order valence-electron chi connectivity index (χ3n) is 3.70.